The second-order valence-corrected chi connectivity index (χ2v) is 5.59. The summed E-state index contributed by atoms with van der Waals surface area (Å²) in [7, 11) is 0. The number of piperazine rings is 1. The standard InChI is InChI=1S/C16H22N6/c1-4-14-11-15(20-13(3)19-14)21-7-9-22(10-8-21)16-17-6-5-12(2)18-16/h5-6,11H,4,7-10H2,1-3H3. The van der Waals surface area contributed by atoms with Gasteiger partial charge in [-0.15, -0.1) is 0 Å². The molecule has 0 aromatic carbocycles. The maximum absolute atomic E-state index is 4.58. The third-order valence-corrected chi connectivity index (χ3v) is 3.91. The van der Waals surface area contributed by atoms with Crippen molar-refractivity contribution in [2.24, 2.45) is 0 Å². The van der Waals surface area contributed by atoms with Gasteiger partial charge in [0, 0.05) is 49.8 Å². The molecule has 0 unspecified atom stereocenters. The molecular weight excluding hydrogens is 276 g/mol. The van der Waals surface area contributed by atoms with E-state index in [9.17, 15) is 0 Å². The van der Waals surface area contributed by atoms with E-state index in [4.69, 9.17) is 0 Å². The lowest BCUT2D eigenvalue weighted by Gasteiger charge is -2.35. The summed E-state index contributed by atoms with van der Waals surface area (Å²) in [6.45, 7) is 9.76. The molecule has 0 amide bonds. The van der Waals surface area contributed by atoms with Crippen molar-refractivity contribution in [1.29, 1.82) is 0 Å². The minimum atomic E-state index is 0.827. The predicted octanol–water partition coefficient (Wildman–Crippen LogP) is 1.77. The Morgan fingerprint density at radius 1 is 1.00 bits per heavy atom. The van der Waals surface area contributed by atoms with Crippen LogP contribution in [0.4, 0.5) is 11.8 Å². The third-order valence-electron chi connectivity index (χ3n) is 3.91. The van der Waals surface area contributed by atoms with Crippen LogP contribution in [0.2, 0.25) is 0 Å². The van der Waals surface area contributed by atoms with Gasteiger partial charge >= 0.3 is 0 Å². The highest BCUT2D eigenvalue weighted by Crippen LogP contribution is 2.17. The molecule has 0 atom stereocenters. The molecule has 1 aliphatic heterocycles. The fraction of sp³-hybridized carbons (Fsp3) is 0.500. The zero-order valence-corrected chi connectivity index (χ0v) is 13.5. The molecule has 22 heavy (non-hydrogen) atoms. The molecule has 1 saturated heterocycles. The maximum atomic E-state index is 4.58. The molecule has 0 N–H and O–H groups in total. The molecule has 3 rings (SSSR count). The smallest absolute Gasteiger partial charge is 0.225 e. The Kier molecular flexibility index (Phi) is 4.18. The Bertz CT molecular complexity index is 649. The summed E-state index contributed by atoms with van der Waals surface area (Å²) in [6.07, 6.45) is 2.76. The van der Waals surface area contributed by atoms with Gasteiger partial charge in [0.05, 0.1) is 0 Å². The average molecular weight is 298 g/mol. The van der Waals surface area contributed by atoms with Crippen molar-refractivity contribution in [2.45, 2.75) is 27.2 Å². The molecule has 116 valence electrons. The van der Waals surface area contributed by atoms with Crippen LogP contribution >= 0.6 is 0 Å². The minimum absolute atomic E-state index is 0.827. The molecule has 0 bridgehead atoms. The van der Waals surface area contributed by atoms with E-state index in [-0.39, 0.29) is 0 Å². The number of aryl methyl sites for hydroxylation is 3. The van der Waals surface area contributed by atoms with Crippen molar-refractivity contribution >= 4 is 11.8 Å². The molecule has 1 aliphatic rings. The summed E-state index contributed by atoms with van der Waals surface area (Å²) in [5.74, 6) is 2.71. The maximum Gasteiger partial charge on any atom is 0.225 e. The Balaban J connectivity index is 1.70. The van der Waals surface area contributed by atoms with Crippen LogP contribution in [-0.4, -0.2) is 46.1 Å². The Hall–Kier alpha value is -2.24. The number of hydrogen-bond donors (Lipinski definition) is 0. The quantitative estimate of drug-likeness (QED) is 0.861. The van der Waals surface area contributed by atoms with E-state index in [2.05, 4.69) is 42.7 Å². The van der Waals surface area contributed by atoms with Crippen LogP contribution in [0.1, 0.15) is 24.1 Å². The zero-order chi connectivity index (χ0) is 15.5. The highest BCUT2D eigenvalue weighted by Gasteiger charge is 2.20. The highest BCUT2D eigenvalue weighted by atomic mass is 15.3. The van der Waals surface area contributed by atoms with Crippen LogP contribution in [-0.2, 0) is 6.42 Å². The van der Waals surface area contributed by atoms with Crippen LogP contribution < -0.4 is 9.80 Å². The van der Waals surface area contributed by atoms with Crippen molar-refractivity contribution in [3.8, 4) is 0 Å². The highest BCUT2D eigenvalue weighted by molar-refractivity contribution is 5.43. The molecular formula is C16H22N6. The third kappa shape index (κ3) is 3.16. The van der Waals surface area contributed by atoms with Gasteiger partial charge in [-0.05, 0) is 26.3 Å². The first-order chi connectivity index (χ1) is 10.7. The second-order valence-electron chi connectivity index (χ2n) is 5.59. The molecule has 1 fully saturated rings. The summed E-state index contributed by atoms with van der Waals surface area (Å²) >= 11 is 0. The summed E-state index contributed by atoms with van der Waals surface area (Å²) in [5, 5.41) is 0. The van der Waals surface area contributed by atoms with Crippen molar-refractivity contribution in [2.75, 3.05) is 36.0 Å². The van der Waals surface area contributed by atoms with E-state index in [1.807, 2.05) is 26.1 Å². The van der Waals surface area contributed by atoms with E-state index >= 15 is 0 Å². The Morgan fingerprint density at radius 2 is 1.73 bits per heavy atom. The average Bonchev–Trinajstić information content (AvgIpc) is 2.54. The fourth-order valence-electron chi connectivity index (χ4n) is 2.68. The van der Waals surface area contributed by atoms with Gasteiger partial charge in [-0.3, -0.25) is 0 Å². The lowest BCUT2D eigenvalue weighted by molar-refractivity contribution is 0.631. The molecule has 0 spiro atoms. The first-order valence-corrected chi connectivity index (χ1v) is 7.80. The van der Waals surface area contributed by atoms with Crippen molar-refractivity contribution < 1.29 is 0 Å². The van der Waals surface area contributed by atoms with Crippen LogP contribution in [0.5, 0.6) is 0 Å². The monoisotopic (exact) mass is 298 g/mol. The number of rotatable bonds is 3. The predicted molar refractivity (Wildman–Crippen MR) is 87.3 cm³/mol. The normalized spacial score (nSPS) is 15.2. The van der Waals surface area contributed by atoms with E-state index < -0.39 is 0 Å². The van der Waals surface area contributed by atoms with E-state index in [1.165, 1.54) is 0 Å². The van der Waals surface area contributed by atoms with Gasteiger partial charge in [-0.25, -0.2) is 19.9 Å². The summed E-state index contributed by atoms with van der Waals surface area (Å²) in [5.41, 5.74) is 2.11. The van der Waals surface area contributed by atoms with Crippen LogP contribution in [0, 0.1) is 13.8 Å². The molecule has 2 aromatic rings. The van der Waals surface area contributed by atoms with E-state index in [0.717, 1.165) is 61.6 Å². The fourth-order valence-corrected chi connectivity index (χ4v) is 2.68. The number of anilines is 2. The van der Waals surface area contributed by atoms with Gasteiger partial charge < -0.3 is 9.80 Å². The topological polar surface area (TPSA) is 58.0 Å². The van der Waals surface area contributed by atoms with E-state index in [0.29, 0.717) is 0 Å². The van der Waals surface area contributed by atoms with Crippen LogP contribution in [0.15, 0.2) is 18.3 Å². The minimum Gasteiger partial charge on any atom is -0.353 e. The summed E-state index contributed by atoms with van der Waals surface area (Å²) < 4.78 is 0. The van der Waals surface area contributed by atoms with Crippen molar-refractivity contribution in [1.82, 2.24) is 19.9 Å². The number of hydrogen-bond acceptors (Lipinski definition) is 6. The Labute approximate surface area is 131 Å². The van der Waals surface area contributed by atoms with Gasteiger partial charge in [0.2, 0.25) is 5.95 Å². The molecule has 6 heteroatoms. The van der Waals surface area contributed by atoms with E-state index in [1.54, 1.807) is 0 Å². The summed E-state index contributed by atoms with van der Waals surface area (Å²) in [4.78, 5) is 22.5. The Morgan fingerprint density at radius 3 is 2.41 bits per heavy atom. The molecule has 0 radical (unpaired) electrons. The van der Waals surface area contributed by atoms with Gasteiger partial charge in [0.1, 0.15) is 11.6 Å². The lowest BCUT2D eigenvalue weighted by Crippen LogP contribution is -2.47. The van der Waals surface area contributed by atoms with Gasteiger partial charge in [-0.2, -0.15) is 0 Å². The zero-order valence-electron chi connectivity index (χ0n) is 13.5. The SMILES string of the molecule is CCc1cc(N2CCN(c3nccc(C)n3)CC2)nc(C)n1. The van der Waals surface area contributed by atoms with Gasteiger partial charge in [-0.1, -0.05) is 6.92 Å². The number of nitrogens with zero attached hydrogens (tertiary/aromatic N) is 6. The van der Waals surface area contributed by atoms with Crippen molar-refractivity contribution in [3.63, 3.8) is 0 Å². The van der Waals surface area contributed by atoms with Gasteiger partial charge in [0.25, 0.3) is 0 Å². The molecule has 0 aliphatic carbocycles. The molecule has 0 saturated carbocycles. The van der Waals surface area contributed by atoms with Gasteiger partial charge in [0.15, 0.2) is 0 Å². The largest absolute Gasteiger partial charge is 0.353 e. The van der Waals surface area contributed by atoms with Crippen LogP contribution in [0.25, 0.3) is 0 Å². The van der Waals surface area contributed by atoms with Crippen LogP contribution in [0.3, 0.4) is 0 Å². The van der Waals surface area contributed by atoms with Crippen molar-refractivity contribution in [3.05, 3.63) is 35.5 Å². The molecule has 2 aromatic heterocycles. The molecule has 6 nitrogen and oxygen atoms in total. The molecule has 3 heterocycles. The summed E-state index contributed by atoms with van der Waals surface area (Å²) in [6, 6.07) is 4.03. The first-order valence-electron chi connectivity index (χ1n) is 7.80. The number of aromatic nitrogens is 4. The first kappa shape index (κ1) is 14.7. The lowest BCUT2D eigenvalue weighted by atomic mass is 10.2. The second kappa shape index (κ2) is 6.25.